The lowest BCUT2D eigenvalue weighted by Gasteiger charge is -2.36. The zero-order chi connectivity index (χ0) is 16.3. The summed E-state index contributed by atoms with van der Waals surface area (Å²) in [6.45, 7) is 9.79. The third-order valence-electron chi connectivity index (χ3n) is 5.66. The molecule has 3 aliphatic rings. The van der Waals surface area contributed by atoms with Crippen molar-refractivity contribution in [1.29, 1.82) is 0 Å². The summed E-state index contributed by atoms with van der Waals surface area (Å²) in [5, 5.41) is 11.5. The lowest BCUT2D eigenvalue weighted by molar-refractivity contribution is -0.139. The molecule has 22 heavy (non-hydrogen) atoms. The first-order valence-electron chi connectivity index (χ1n) is 8.59. The molecule has 124 valence electrons. The number of carbonyl (C=O) groups is 1. The number of hydrogen-bond acceptors (Lipinski definition) is 4. The van der Waals surface area contributed by atoms with Crippen LogP contribution in [0, 0.1) is 17.3 Å². The molecule has 0 radical (unpaired) electrons. The van der Waals surface area contributed by atoms with E-state index in [9.17, 15) is 9.90 Å². The van der Waals surface area contributed by atoms with Crippen molar-refractivity contribution in [3.8, 4) is 0 Å². The van der Waals surface area contributed by atoms with Crippen LogP contribution >= 0.6 is 0 Å². The molecule has 0 bridgehead atoms. The molecular formula is C18H28O4. The van der Waals surface area contributed by atoms with Gasteiger partial charge in [0.2, 0.25) is 11.5 Å². The van der Waals surface area contributed by atoms with Gasteiger partial charge in [0.1, 0.15) is 5.60 Å². The number of rotatable bonds is 4. The van der Waals surface area contributed by atoms with Crippen LogP contribution in [0.15, 0.2) is 11.5 Å². The smallest absolute Gasteiger partial charge is 0.210 e. The van der Waals surface area contributed by atoms with Crippen molar-refractivity contribution in [3.63, 3.8) is 0 Å². The Morgan fingerprint density at radius 2 is 1.82 bits per heavy atom. The van der Waals surface area contributed by atoms with Gasteiger partial charge in [0.05, 0.1) is 17.6 Å². The fraction of sp³-hybridized carbons (Fsp3) is 0.833. The minimum atomic E-state index is -1.18. The number of ether oxygens (including phenoxy) is 2. The van der Waals surface area contributed by atoms with Gasteiger partial charge in [-0.15, -0.1) is 0 Å². The van der Waals surface area contributed by atoms with Crippen molar-refractivity contribution in [2.75, 3.05) is 0 Å². The van der Waals surface area contributed by atoms with Gasteiger partial charge in [0.25, 0.3) is 0 Å². The van der Waals surface area contributed by atoms with Gasteiger partial charge in [-0.1, -0.05) is 13.3 Å². The van der Waals surface area contributed by atoms with E-state index in [2.05, 4.69) is 6.92 Å². The van der Waals surface area contributed by atoms with Gasteiger partial charge in [-0.2, -0.15) is 0 Å². The van der Waals surface area contributed by atoms with Gasteiger partial charge >= 0.3 is 0 Å². The molecule has 1 N–H and O–H groups in total. The van der Waals surface area contributed by atoms with Crippen molar-refractivity contribution in [2.45, 2.75) is 78.1 Å². The number of ketones is 1. The summed E-state index contributed by atoms with van der Waals surface area (Å²) in [6, 6.07) is 0. The molecule has 2 fully saturated rings. The van der Waals surface area contributed by atoms with Gasteiger partial charge < -0.3 is 14.6 Å². The van der Waals surface area contributed by atoms with E-state index in [4.69, 9.17) is 9.47 Å². The lowest BCUT2D eigenvalue weighted by atomic mass is 9.70. The van der Waals surface area contributed by atoms with Crippen LogP contribution in [0.2, 0.25) is 0 Å². The zero-order valence-electron chi connectivity index (χ0n) is 14.3. The van der Waals surface area contributed by atoms with E-state index in [0.29, 0.717) is 18.1 Å². The van der Waals surface area contributed by atoms with Crippen LogP contribution < -0.4 is 0 Å². The third-order valence-corrected chi connectivity index (χ3v) is 5.66. The topological polar surface area (TPSA) is 55.8 Å². The molecule has 0 amide bonds. The lowest BCUT2D eigenvalue weighted by Crippen LogP contribution is -2.47. The van der Waals surface area contributed by atoms with Gasteiger partial charge in [-0.3, -0.25) is 4.79 Å². The first kappa shape index (κ1) is 15.9. The predicted molar refractivity (Wildman–Crippen MR) is 83.0 cm³/mol. The highest BCUT2D eigenvalue weighted by atomic mass is 16.5. The Bertz CT molecular complexity index is 521. The van der Waals surface area contributed by atoms with Crippen LogP contribution in [0.3, 0.4) is 0 Å². The molecule has 0 unspecified atom stereocenters. The molecule has 2 saturated carbocycles. The number of allylic oxidation sites excluding steroid dienone is 1. The maximum absolute atomic E-state index is 13.2. The molecule has 0 heterocycles. The van der Waals surface area contributed by atoms with Gasteiger partial charge in [0.15, 0.2) is 5.76 Å². The second kappa shape index (κ2) is 4.98. The minimum absolute atomic E-state index is 0.0220. The molecule has 0 aromatic rings. The Morgan fingerprint density at radius 3 is 2.41 bits per heavy atom. The molecule has 3 rings (SSSR count). The highest BCUT2D eigenvalue weighted by Gasteiger charge is 2.75. The van der Waals surface area contributed by atoms with E-state index in [1.54, 1.807) is 0 Å². The summed E-state index contributed by atoms with van der Waals surface area (Å²) >= 11 is 0. The van der Waals surface area contributed by atoms with Crippen molar-refractivity contribution < 1.29 is 19.4 Å². The first-order valence-corrected chi connectivity index (χ1v) is 8.59. The molecule has 0 saturated heterocycles. The Balaban J connectivity index is 2.12. The molecule has 0 aliphatic heterocycles. The summed E-state index contributed by atoms with van der Waals surface area (Å²) in [5.74, 6) is 1.24. The van der Waals surface area contributed by atoms with E-state index in [0.717, 1.165) is 19.3 Å². The SMILES string of the molecule is CC(C)OC1=C(OC(C)C)[C@@]2(O)C[C@@H](C)[C@@H]3CCC[C@@]32C1=O. The number of aliphatic hydroxyl groups is 1. The molecule has 0 aromatic carbocycles. The average molecular weight is 308 g/mol. The van der Waals surface area contributed by atoms with E-state index >= 15 is 0 Å². The van der Waals surface area contributed by atoms with Gasteiger partial charge in [-0.05, 0) is 58.8 Å². The largest absolute Gasteiger partial charge is 0.488 e. The molecule has 3 aliphatic carbocycles. The van der Waals surface area contributed by atoms with E-state index in [1.807, 2.05) is 27.7 Å². The van der Waals surface area contributed by atoms with Crippen LogP contribution in [-0.4, -0.2) is 28.7 Å². The van der Waals surface area contributed by atoms with E-state index < -0.39 is 11.0 Å². The van der Waals surface area contributed by atoms with Gasteiger partial charge in [-0.25, -0.2) is 0 Å². The minimum Gasteiger partial charge on any atom is -0.488 e. The van der Waals surface area contributed by atoms with Crippen molar-refractivity contribution >= 4 is 5.78 Å². The quantitative estimate of drug-likeness (QED) is 0.866. The fourth-order valence-corrected chi connectivity index (χ4v) is 5.09. The highest BCUT2D eigenvalue weighted by Crippen LogP contribution is 2.68. The number of carbonyl (C=O) groups excluding carboxylic acids is 1. The Labute approximate surface area is 132 Å². The summed E-state index contributed by atoms with van der Waals surface area (Å²) in [4.78, 5) is 13.2. The van der Waals surface area contributed by atoms with Crippen LogP contribution in [0.5, 0.6) is 0 Å². The first-order chi connectivity index (χ1) is 10.2. The van der Waals surface area contributed by atoms with Crippen molar-refractivity contribution in [3.05, 3.63) is 11.5 Å². The molecule has 1 spiro atoms. The van der Waals surface area contributed by atoms with Crippen LogP contribution in [0.4, 0.5) is 0 Å². The fourth-order valence-electron chi connectivity index (χ4n) is 5.09. The Kier molecular flexibility index (Phi) is 3.59. The second-order valence-electron chi connectivity index (χ2n) is 7.83. The molecule has 4 atom stereocenters. The molecule has 0 aromatic heterocycles. The van der Waals surface area contributed by atoms with Crippen molar-refractivity contribution in [1.82, 2.24) is 0 Å². The van der Waals surface area contributed by atoms with Crippen LogP contribution in [-0.2, 0) is 14.3 Å². The summed E-state index contributed by atoms with van der Waals surface area (Å²) in [7, 11) is 0. The Hall–Kier alpha value is -1.03. The highest BCUT2D eigenvalue weighted by molar-refractivity contribution is 6.04. The molecular weight excluding hydrogens is 280 g/mol. The Morgan fingerprint density at radius 1 is 1.18 bits per heavy atom. The van der Waals surface area contributed by atoms with E-state index in [-0.39, 0.29) is 29.7 Å². The zero-order valence-corrected chi connectivity index (χ0v) is 14.3. The standard InChI is InChI=1S/C18H28O4/c1-10(2)21-14-15(19)17-8-6-7-13(17)12(5)9-18(17,20)16(14)22-11(3)4/h10-13,20H,6-9H2,1-5H3/t12-,13+,17+,18+/m1/s1. The predicted octanol–water partition coefficient (Wildman–Crippen LogP) is 3.19. The van der Waals surface area contributed by atoms with Gasteiger partial charge in [0, 0.05) is 0 Å². The maximum atomic E-state index is 13.2. The summed E-state index contributed by atoms with van der Waals surface area (Å²) in [6.07, 6.45) is 3.14. The molecule has 4 heteroatoms. The van der Waals surface area contributed by atoms with E-state index in [1.165, 1.54) is 0 Å². The number of hydrogen-bond donors (Lipinski definition) is 1. The summed E-state index contributed by atoms with van der Waals surface area (Å²) < 4.78 is 11.8. The van der Waals surface area contributed by atoms with Crippen LogP contribution in [0.25, 0.3) is 0 Å². The number of Topliss-reactive ketones (excluding diaryl/α,β-unsaturated/α-hetero) is 1. The normalized spacial score (nSPS) is 40.6. The maximum Gasteiger partial charge on any atom is 0.210 e. The summed E-state index contributed by atoms with van der Waals surface area (Å²) in [5.41, 5.74) is -1.89. The third kappa shape index (κ3) is 1.82. The average Bonchev–Trinajstić information content (AvgIpc) is 2.97. The second-order valence-corrected chi connectivity index (χ2v) is 7.83. The molecule has 4 nitrogen and oxygen atoms in total. The monoisotopic (exact) mass is 308 g/mol. The van der Waals surface area contributed by atoms with Crippen molar-refractivity contribution in [2.24, 2.45) is 17.3 Å². The van der Waals surface area contributed by atoms with Crippen LogP contribution in [0.1, 0.15) is 60.3 Å².